The maximum Gasteiger partial charge on any atom is 0.141 e. The number of benzene rings is 1. The minimum absolute atomic E-state index is 0.703. The quantitative estimate of drug-likeness (QED) is 0.899. The van der Waals surface area contributed by atoms with Gasteiger partial charge in [0, 0.05) is 6.54 Å². The largest absolute Gasteiger partial charge is 0.495 e. The van der Waals surface area contributed by atoms with Crippen LogP contribution in [-0.2, 0) is 13.1 Å². The van der Waals surface area contributed by atoms with Gasteiger partial charge in [0.15, 0.2) is 0 Å². The van der Waals surface area contributed by atoms with Gasteiger partial charge in [-0.1, -0.05) is 6.07 Å². The van der Waals surface area contributed by atoms with Crippen molar-refractivity contribution in [1.29, 1.82) is 0 Å². The van der Waals surface area contributed by atoms with Crippen molar-refractivity contribution in [2.24, 2.45) is 0 Å². The van der Waals surface area contributed by atoms with Crippen molar-refractivity contribution >= 4 is 21.6 Å². The van der Waals surface area contributed by atoms with Crippen LogP contribution in [0.5, 0.6) is 5.75 Å². The molecule has 0 bridgehead atoms. The normalized spacial score (nSPS) is 10.7. The molecule has 0 fully saturated rings. The first-order chi connectivity index (χ1) is 9.56. The van der Waals surface area contributed by atoms with Gasteiger partial charge in [0.05, 0.1) is 35.2 Å². The number of aryl methyl sites for hydroxylation is 3. The molecular formula is C15H20BrN3O. The maximum absolute atomic E-state index is 5.38. The van der Waals surface area contributed by atoms with Crippen LogP contribution >= 0.6 is 15.9 Å². The molecule has 0 aliphatic heterocycles. The van der Waals surface area contributed by atoms with Crippen molar-refractivity contribution in [2.45, 2.75) is 33.9 Å². The Balaban J connectivity index is 2.23. The lowest BCUT2D eigenvalue weighted by Crippen LogP contribution is -2.09. The molecule has 0 aliphatic rings. The van der Waals surface area contributed by atoms with Gasteiger partial charge in [0.25, 0.3) is 0 Å². The highest BCUT2D eigenvalue weighted by atomic mass is 79.9. The number of nitrogens with one attached hydrogen (secondary N) is 1. The summed E-state index contributed by atoms with van der Waals surface area (Å²) in [5.74, 6) is 0.853. The fourth-order valence-electron chi connectivity index (χ4n) is 2.18. The predicted octanol–water partition coefficient (Wildman–Crippen LogP) is 3.90. The number of halogens is 1. The molecule has 0 spiro atoms. The first-order valence-corrected chi connectivity index (χ1v) is 7.46. The zero-order valence-corrected chi connectivity index (χ0v) is 13.9. The lowest BCUT2D eigenvalue weighted by atomic mass is 10.2. The van der Waals surface area contributed by atoms with Crippen molar-refractivity contribution in [3.63, 3.8) is 0 Å². The summed E-state index contributed by atoms with van der Waals surface area (Å²) in [7, 11) is 1.69. The highest BCUT2D eigenvalue weighted by Crippen LogP contribution is 2.27. The van der Waals surface area contributed by atoms with Crippen molar-refractivity contribution in [1.82, 2.24) is 9.78 Å². The highest BCUT2D eigenvalue weighted by Gasteiger charge is 2.12. The second-order valence-corrected chi connectivity index (χ2v) is 5.51. The summed E-state index contributed by atoms with van der Waals surface area (Å²) in [6, 6.07) is 6.11. The number of rotatable bonds is 5. The number of nitrogens with zero attached hydrogens (tertiary/aromatic N) is 2. The first kappa shape index (κ1) is 14.9. The summed E-state index contributed by atoms with van der Waals surface area (Å²) >= 11 is 3.61. The van der Waals surface area contributed by atoms with E-state index in [9.17, 15) is 0 Å². The number of hydrogen-bond acceptors (Lipinski definition) is 3. The van der Waals surface area contributed by atoms with E-state index < -0.39 is 0 Å². The average molecular weight is 338 g/mol. The van der Waals surface area contributed by atoms with Crippen molar-refractivity contribution in [3.8, 4) is 5.75 Å². The third-order valence-corrected chi connectivity index (χ3v) is 4.29. The van der Waals surface area contributed by atoms with Crippen LogP contribution in [-0.4, -0.2) is 16.9 Å². The Morgan fingerprint density at radius 2 is 2.10 bits per heavy atom. The van der Waals surface area contributed by atoms with Gasteiger partial charge >= 0.3 is 0 Å². The van der Waals surface area contributed by atoms with Gasteiger partial charge in [-0.25, -0.2) is 0 Å². The fraction of sp³-hybridized carbons (Fsp3) is 0.400. The van der Waals surface area contributed by atoms with Crippen LogP contribution in [0.3, 0.4) is 0 Å². The zero-order chi connectivity index (χ0) is 14.7. The van der Waals surface area contributed by atoms with Crippen molar-refractivity contribution < 1.29 is 4.74 Å². The Morgan fingerprint density at radius 3 is 2.75 bits per heavy atom. The minimum atomic E-state index is 0.703. The Kier molecular flexibility index (Phi) is 4.70. The maximum atomic E-state index is 5.38. The minimum Gasteiger partial charge on any atom is -0.495 e. The van der Waals surface area contributed by atoms with Gasteiger partial charge in [0.1, 0.15) is 5.75 Å². The number of hydrogen-bond donors (Lipinski definition) is 1. The number of anilines is 1. The first-order valence-electron chi connectivity index (χ1n) is 6.67. The molecule has 1 heterocycles. The second-order valence-electron chi connectivity index (χ2n) is 4.72. The lowest BCUT2D eigenvalue weighted by molar-refractivity contribution is 0.416. The molecule has 5 heteroatoms. The summed E-state index contributed by atoms with van der Waals surface area (Å²) in [5, 5.41) is 7.93. The van der Waals surface area contributed by atoms with E-state index in [2.05, 4.69) is 46.3 Å². The van der Waals surface area contributed by atoms with Crippen LogP contribution in [0.25, 0.3) is 0 Å². The standard InChI is InChI=1S/C15H20BrN3O/c1-5-19-13(15(16)11(3)18-19)9-17-12-8-10(2)6-7-14(12)20-4/h6-8,17H,5,9H2,1-4H3. The van der Waals surface area contributed by atoms with Gasteiger partial charge < -0.3 is 10.1 Å². The van der Waals surface area contributed by atoms with E-state index in [0.29, 0.717) is 6.54 Å². The molecule has 20 heavy (non-hydrogen) atoms. The third-order valence-electron chi connectivity index (χ3n) is 3.25. The SMILES string of the molecule is CCn1nc(C)c(Br)c1CNc1cc(C)ccc1OC. The summed E-state index contributed by atoms with van der Waals surface area (Å²) in [6.45, 7) is 7.73. The lowest BCUT2D eigenvalue weighted by Gasteiger charge is -2.13. The van der Waals surface area contributed by atoms with E-state index in [1.807, 2.05) is 23.7 Å². The monoisotopic (exact) mass is 337 g/mol. The van der Waals surface area contributed by atoms with E-state index in [-0.39, 0.29) is 0 Å². The van der Waals surface area contributed by atoms with E-state index in [1.54, 1.807) is 7.11 Å². The molecule has 108 valence electrons. The number of aromatic nitrogens is 2. The molecule has 0 aliphatic carbocycles. The summed E-state index contributed by atoms with van der Waals surface area (Å²) in [5.41, 5.74) is 4.36. The molecule has 1 aromatic heterocycles. The topological polar surface area (TPSA) is 39.1 Å². The van der Waals surface area contributed by atoms with Gasteiger partial charge in [0.2, 0.25) is 0 Å². The molecule has 2 rings (SSSR count). The molecule has 0 unspecified atom stereocenters. The van der Waals surface area contributed by atoms with E-state index in [1.165, 1.54) is 5.56 Å². The van der Waals surface area contributed by atoms with E-state index >= 15 is 0 Å². The van der Waals surface area contributed by atoms with Crippen LogP contribution in [0.4, 0.5) is 5.69 Å². The zero-order valence-electron chi connectivity index (χ0n) is 12.3. The molecule has 0 saturated heterocycles. The molecule has 0 radical (unpaired) electrons. The molecule has 1 aromatic carbocycles. The van der Waals surface area contributed by atoms with Crippen molar-refractivity contribution in [2.75, 3.05) is 12.4 Å². The fourth-order valence-corrected chi connectivity index (χ4v) is 2.60. The third kappa shape index (κ3) is 2.98. The molecule has 2 aromatic rings. The molecule has 1 N–H and O–H groups in total. The predicted molar refractivity (Wildman–Crippen MR) is 85.4 cm³/mol. The average Bonchev–Trinajstić information content (AvgIpc) is 2.72. The summed E-state index contributed by atoms with van der Waals surface area (Å²) < 4.78 is 8.46. The molecular weight excluding hydrogens is 318 g/mol. The van der Waals surface area contributed by atoms with Gasteiger partial charge in [-0.2, -0.15) is 5.10 Å². The smallest absolute Gasteiger partial charge is 0.141 e. The Hall–Kier alpha value is -1.49. The summed E-state index contributed by atoms with van der Waals surface area (Å²) in [4.78, 5) is 0. The number of methoxy groups -OCH3 is 1. The van der Waals surface area contributed by atoms with Gasteiger partial charge in [-0.05, 0) is 54.4 Å². The Labute approximate surface area is 128 Å². The van der Waals surface area contributed by atoms with Crippen LogP contribution < -0.4 is 10.1 Å². The molecule has 0 atom stereocenters. The van der Waals surface area contributed by atoms with Crippen LogP contribution in [0.15, 0.2) is 22.7 Å². The molecule has 0 amide bonds. The van der Waals surface area contributed by atoms with Crippen molar-refractivity contribution in [3.05, 3.63) is 39.6 Å². The highest BCUT2D eigenvalue weighted by molar-refractivity contribution is 9.10. The van der Waals surface area contributed by atoms with Crippen LogP contribution in [0.2, 0.25) is 0 Å². The van der Waals surface area contributed by atoms with E-state index in [4.69, 9.17) is 4.74 Å². The van der Waals surface area contributed by atoms with Crippen LogP contribution in [0, 0.1) is 13.8 Å². The van der Waals surface area contributed by atoms with Gasteiger partial charge in [-0.15, -0.1) is 0 Å². The van der Waals surface area contributed by atoms with E-state index in [0.717, 1.165) is 33.8 Å². The second kappa shape index (κ2) is 6.31. The Morgan fingerprint density at radius 1 is 1.35 bits per heavy atom. The molecule has 4 nitrogen and oxygen atoms in total. The van der Waals surface area contributed by atoms with Gasteiger partial charge in [-0.3, -0.25) is 4.68 Å². The Bertz CT molecular complexity index is 607. The molecule has 0 saturated carbocycles. The summed E-state index contributed by atoms with van der Waals surface area (Å²) in [6.07, 6.45) is 0. The number of ether oxygens (including phenoxy) is 1. The van der Waals surface area contributed by atoms with Crippen LogP contribution in [0.1, 0.15) is 23.9 Å².